The molecule has 11 aromatic rings. The van der Waals surface area contributed by atoms with E-state index >= 15 is 0 Å². The maximum absolute atomic E-state index is 14.4. The number of benzene rings is 8. The van der Waals surface area contributed by atoms with Crippen molar-refractivity contribution in [3.05, 3.63) is 209 Å². The Kier molecular flexibility index (Phi) is 11.4. The van der Waals surface area contributed by atoms with E-state index < -0.39 is 0 Å². The number of halogens is 2. The fraction of sp³-hybridized carbons (Fsp3) is 0.188. The topological polar surface area (TPSA) is 78.1 Å². The van der Waals surface area contributed by atoms with Gasteiger partial charge in [0, 0.05) is 8.96 Å². The van der Waals surface area contributed by atoms with Crippen LogP contribution < -0.4 is 22.2 Å². The predicted octanol–water partition coefficient (Wildman–Crippen LogP) is 16.6. The van der Waals surface area contributed by atoms with Gasteiger partial charge in [-0.05, 0) is 219 Å². The summed E-state index contributed by atoms with van der Waals surface area (Å²) in [7, 11) is 0. The van der Waals surface area contributed by atoms with Crippen LogP contribution in [0.3, 0.4) is 0 Å². The van der Waals surface area contributed by atoms with Crippen molar-refractivity contribution in [2.24, 2.45) is 0 Å². The summed E-state index contributed by atoms with van der Waals surface area (Å²) >= 11 is 7.11. The van der Waals surface area contributed by atoms with Crippen LogP contribution in [0, 0.1) is 0 Å². The second-order valence-electron chi connectivity index (χ2n) is 20.8. The predicted molar refractivity (Wildman–Crippen MR) is 314 cm³/mol. The first kappa shape index (κ1) is 47.3. The third-order valence-corrected chi connectivity index (χ3v) is 15.7. The van der Waals surface area contributed by atoms with Crippen molar-refractivity contribution in [1.82, 2.24) is 9.13 Å². The van der Waals surface area contributed by atoms with Gasteiger partial charge in [0.1, 0.15) is 0 Å². The SMILES string of the molecule is C=C(Br)c1cc(C(C)C)c(-n2c(=O)c3cc4cc5cc6ccc7cc8cc9cc%10c(=O)n(-c%11c(C(C)C)cc(C(=C)Br)cc%11C(C)C)c(=O)c%10cc9cc8cc7ccc6cc5cc4cc3c2=O)c(C(C)C)c1. The highest BCUT2D eigenvalue weighted by Crippen LogP contribution is 2.38. The first-order valence-electron chi connectivity index (χ1n) is 24.6. The average molecular weight is 1070 g/mol. The Hall–Kier alpha value is -7.00. The van der Waals surface area contributed by atoms with Gasteiger partial charge in [-0.15, -0.1) is 0 Å². The minimum Gasteiger partial charge on any atom is -0.268 e. The number of rotatable bonds is 8. The van der Waals surface area contributed by atoms with Crippen LogP contribution in [0.25, 0.3) is 107 Å². The first-order valence-corrected chi connectivity index (χ1v) is 26.2. The van der Waals surface area contributed by atoms with Crippen molar-refractivity contribution in [1.29, 1.82) is 0 Å². The largest absolute Gasteiger partial charge is 0.268 e. The van der Waals surface area contributed by atoms with E-state index in [0.717, 1.165) is 107 Å². The molecule has 11 rings (SSSR count). The standard InChI is InChI=1S/C64H52Br2N2O4/c1-31(2)51-23-41(35(9)65)24-52(32(3)4)59(51)67-61(69)55-27-47-19-43-15-37-11-13-39-17-45-21-49-29-57-58(64(72)68(63(57)71)60-53(33(5)6)25-42(36(10)66)26-54(60)34(7)8)30-50(49)22-46(45)18-40(39)14-12-38(37)16-44(43)20-48(47)28-56(55)62(67)70/h11-34H,9-10H2,1-8H3. The van der Waals surface area contributed by atoms with Gasteiger partial charge in [0.15, 0.2) is 0 Å². The second-order valence-corrected chi connectivity index (χ2v) is 22.8. The highest BCUT2D eigenvalue weighted by atomic mass is 79.9. The Bertz CT molecular complexity index is 3960. The van der Waals surface area contributed by atoms with Gasteiger partial charge in [0.2, 0.25) is 0 Å². The molecule has 2 heterocycles. The zero-order valence-electron chi connectivity index (χ0n) is 41.6. The number of fused-ring (bicyclic) bond motifs is 8. The Morgan fingerprint density at radius 3 is 0.722 bits per heavy atom. The van der Waals surface area contributed by atoms with Crippen molar-refractivity contribution in [3.8, 4) is 11.4 Å². The summed E-state index contributed by atoms with van der Waals surface area (Å²) in [4.78, 5) is 57.7. The summed E-state index contributed by atoms with van der Waals surface area (Å²) in [6.07, 6.45) is 0. The van der Waals surface area contributed by atoms with E-state index in [4.69, 9.17) is 0 Å². The third-order valence-electron chi connectivity index (χ3n) is 14.8. The lowest BCUT2D eigenvalue weighted by atomic mass is 9.90. The molecule has 0 atom stereocenters. The molecule has 356 valence electrons. The number of hydrogen-bond donors (Lipinski definition) is 0. The molecule has 0 fully saturated rings. The maximum atomic E-state index is 14.4. The van der Waals surface area contributed by atoms with Gasteiger partial charge in [-0.3, -0.25) is 19.2 Å². The van der Waals surface area contributed by atoms with E-state index in [0.29, 0.717) is 32.9 Å². The van der Waals surface area contributed by atoms with E-state index in [9.17, 15) is 19.2 Å². The molecular weight excluding hydrogens is 1020 g/mol. The molecule has 0 amide bonds. The summed E-state index contributed by atoms with van der Waals surface area (Å²) in [6.45, 7) is 24.9. The Labute approximate surface area is 433 Å². The van der Waals surface area contributed by atoms with Gasteiger partial charge >= 0.3 is 0 Å². The van der Waals surface area contributed by atoms with Crippen molar-refractivity contribution in [2.45, 2.75) is 79.1 Å². The van der Waals surface area contributed by atoms with Crippen LogP contribution in [0.15, 0.2) is 154 Å². The smallest absolute Gasteiger partial charge is 0.266 e. The van der Waals surface area contributed by atoms with Crippen molar-refractivity contribution >= 4 is 127 Å². The van der Waals surface area contributed by atoms with Gasteiger partial charge in [-0.2, -0.15) is 0 Å². The Morgan fingerprint density at radius 1 is 0.333 bits per heavy atom. The molecule has 0 aliphatic carbocycles. The van der Waals surface area contributed by atoms with Gasteiger partial charge in [0.25, 0.3) is 22.2 Å². The lowest BCUT2D eigenvalue weighted by molar-refractivity contribution is 0.795. The van der Waals surface area contributed by atoms with Gasteiger partial charge in [0.05, 0.1) is 32.9 Å². The molecule has 0 aliphatic heterocycles. The maximum Gasteiger partial charge on any atom is 0.266 e. The molecule has 0 aliphatic rings. The molecule has 0 bridgehead atoms. The van der Waals surface area contributed by atoms with Crippen LogP contribution in [0.2, 0.25) is 0 Å². The molecule has 0 unspecified atom stereocenters. The van der Waals surface area contributed by atoms with Crippen molar-refractivity contribution < 1.29 is 0 Å². The number of nitrogens with zero attached hydrogens (tertiary/aromatic N) is 2. The first-order chi connectivity index (χ1) is 34.3. The number of aromatic nitrogens is 2. The van der Waals surface area contributed by atoms with E-state index in [2.05, 4.69) is 173 Å². The van der Waals surface area contributed by atoms with Crippen LogP contribution in [-0.2, 0) is 0 Å². The summed E-state index contributed by atoms with van der Waals surface area (Å²) in [5.74, 6) is 0.205. The molecular formula is C64H52Br2N2O4. The second kappa shape index (κ2) is 17.3. The van der Waals surface area contributed by atoms with Crippen molar-refractivity contribution in [3.63, 3.8) is 0 Å². The summed E-state index contributed by atoms with van der Waals surface area (Å²) in [6, 6.07) is 41.4. The molecule has 0 N–H and O–H groups in total. The van der Waals surface area contributed by atoms with Gasteiger partial charge in [-0.1, -0.05) is 125 Å². The quantitative estimate of drug-likeness (QED) is 0.142. The van der Waals surface area contributed by atoms with Gasteiger partial charge in [-0.25, -0.2) is 9.13 Å². The highest BCUT2D eigenvalue weighted by Gasteiger charge is 2.26. The van der Waals surface area contributed by atoms with Crippen LogP contribution in [0.1, 0.15) is 112 Å². The van der Waals surface area contributed by atoms with Gasteiger partial charge < -0.3 is 0 Å². The van der Waals surface area contributed by atoms with E-state index in [-0.39, 0.29) is 45.9 Å². The zero-order chi connectivity index (χ0) is 50.9. The number of hydrogen-bond acceptors (Lipinski definition) is 4. The molecule has 0 saturated carbocycles. The fourth-order valence-electron chi connectivity index (χ4n) is 10.9. The van der Waals surface area contributed by atoms with E-state index in [1.165, 1.54) is 9.13 Å². The molecule has 72 heavy (non-hydrogen) atoms. The molecule has 0 spiro atoms. The summed E-state index contributed by atoms with van der Waals surface area (Å²) in [5.41, 5.74) is 5.67. The van der Waals surface area contributed by atoms with Crippen LogP contribution in [0.4, 0.5) is 0 Å². The lowest BCUT2D eigenvalue weighted by Crippen LogP contribution is -2.26. The molecule has 2 aromatic heterocycles. The van der Waals surface area contributed by atoms with Crippen molar-refractivity contribution in [2.75, 3.05) is 0 Å². The molecule has 8 heteroatoms. The van der Waals surface area contributed by atoms with E-state index in [1.54, 1.807) is 0 Å². The highest BCUT2D eigenvalue weighted by molar-refractivity contribution is 9.15. The molecule has 0 saturated heterocycles. The Morgan fingerprint density at radius 2 is 0.528 bits per heavy atom. The van der Waals surface area contributed by atoms with Crippen LogP contribution in [-0.4, -0.2) is 9.13 Å². The molecule has 9 aromatic carbocycles. The summed E-state index contributed by atoms with van der Waals surface area (Å²) in [5, 5.41) is 13.5. The lowest BCUT2D eigenvalue weighted by Gasteiger charge is -2.21. The fourth-order valence-corrected chi connectivity index (χ4v) is 11.4. The molecule has 0 radical (unpaired) electrons. The Balaban J connectivity index is 1.03. The average Bonchev–Trinajstić information content (AvgIpc) is 3.71. The minimum atomic E-state index is -0.309. The summed E-state index contributed by atoms with van der Waals surface area (Å²) < 4.78 is 4.30. The van der Waals surface area contributed by atoms with Crippen LogP contribution >= 0.6 is 31.9 Å². The van der Waals surface area contributed by atoms with E-state index in [1.807, 2.05) is 48.5 Å². The van der Waals surface area contributed by atoms with Crippen LogP contribution in [0.5, 0.6) is 0 Å². The normalized spacial score (nSPS) is 12.3. The molecule has 6 nitrogen and oxygen atoms in total. The zero-order valence-corrected chi connectivity index (χ0v) is 44.7. The minimum absolute atomic E-state index is 0.0513. The monoisotopic (exact) mass is 1070 g/mol. The third kappa shape index (κ3) is 7.56.